The predicted octanol–water partition coefficient (Wildman–Crippen LogP) is 3.18. The molecule has 0 fully saturated rings. The minimum atomic E-state index is -0.253. The van der Waals surface area contributed by atoms with E-state index in [1.165, 1.54) is 12.4 Å². The summed E-state index contributed by atoms with van der Waals surface area (Å²) < 4.78 is 16.1. The summed E-state index contributed by atoms with van der Waals surface area (Å²) in [6.45, 7) is 0.346. The Bertz CT molecular complexity index is 745. The van der Waals surface area contributed by atoms with E-state index in [-0.39, 0.29) is 5.82 Å². The zero-order valence-corrected chi connectivity index (χ0v) is 12.5. The molecular weight excluding hydrogens is 337 g/mol. The molecule has 21 heavy (non-hydrogen) atoms. The first-order chi connectivity index (χ1) is 10.2. The van der Waals surface area contributed by atoms with Crippen LogP contribution in [-0.4, -0.2) is 19.7 Å². The second kappa shape index (κ2) is 6.01. The highest BCUT2D eigenvalue weighted by molar-refractivity contribution is 9.10. The Labute approximate surface area is 129 Å². The Morgan fingerprint density at radius 2 is 2.19 bits per heavy atom. The summed E-state index contributed by atoms with van der Waals surface area (Å²) in [7, 11) is 0. The van der Waals surface area contributed by atoms with Crippen molar-refractivity contribution in [2.24, 2.45) is 0 Å². The Hall–Kier alpha value is -2.28. The minimum Gasteiger partial charge on any atom is -0.378 e. The molecule has 0 aliphatic heterocycles. The van der Waals surface area contributed by atoms with Crippen LogP contribution < -0.4 is 5.32 Å². The molecule has 0 bridgehead atoms. The van der Waals surface area contributed by atoms with Crippen molar-refractivity contribution in [3.05, 3.63) is 65.0 Å². The molecule has 7 heteroatoms. The molecule has 0 aliphatic rings. The number of rotatable bonds is 4. The maximum absolute atomic E-state index is 13.7. The second-order valence-electron chi connectivity index (χ2n) is 4.30. The lowest BCUT2D eigenvalue weighted by atomic mass is 10.2. The first kappa shape index (κ1) is 13.7. The molecule has 0 radical (unpaired) electrons. The normalized spacial score (nSPS) is 10.6. The number of nitrogens with zero attached hydrogens (tertiary/aromatic N) is 4. The smallest absolute Gasteiger partial charge is 0.178 e. The summed E-state index contributed by atoms with van der Waals surface area (Å²) in [5.41, 5.74) is 1.32. The van der Waals surface area contributed by atoms with Gasteiger partial charge < -0.3 is 5.32 Å². The van der Waals surface area contributed by atoms with Gasteiger partial charge in [0.05, 0.1) is 5.69 Å². The van der Waals surface area contributed by atoms with Crippen molar-refractivity contribution in [3.63, 3.8) is 0 Å². The van der Waals surface area contributed by atoms with Crippen molar-refractivity contribution in [2.75, 3.05) is 5.32 Å². The van der Waals surface area contributed by atoms with Gasteiger partial charge in [0.1, 0.15) is 18.5 Å². The van der Waals surface area contributed by atoms with Crippen molar-refractivity contribution in [3.8, 4) is 5.82 Å². The van der Waals surface area contributed by atoms with Crippen molar-refractivity contribution in [1.82, 2.24) is 19.7 Å². The predicted molar refractivity (Wildman–Crippen MR) is 80.6 cm³/mol. The van der Waals surface area contributed by atoms with E-state index in [1.54, 1.807) is 35.4 Å². The van der Waals surface area contributed by atoms with Gasteiger partial charge in [0, 0.05) is 22.8 Å². The van der Waals surface area contributed by atoms with Crippen LogP contribution in [0, 0.1) is 5.82 Å². The van der Waals surface area contributed by atoms with E-state index in [1.807, 2.05) is 6.07 Å². The lowest BCUT2D eigenvalue weighted by Crippen LogP contribution is -2.07. The lowest BCUT2D eigenvalue weighted by Gasteiger charge is -2.11. The molecular formula is C14H11BrFN5. The molecule has 0 saturated carbocycles. The Kier molecular flexibility index (Phi) is 3.92. The largest absolute Gasteiger partial charge is 0.378 e. The van der Waals surface area contributed by atoms with Crippen LogP contribution in [0.25, 0.3) is 5.82 Å². The second-order valence-corrected chi connectivity index (χ2v) is 5.22. The number of hydrogen-bond acceptors (Lipinski definition) is 4. The maximum Gasteiger partial charge on any atom is 0.178 e. The van der Waals surface area contributed by atoms with Gasteiger partial charge in [0.25, 0.3) is 0 Å². The number of halogens is 2. The number of aromatic nitrogens is 4. The molecule has 0 aliphatic carbocycles. The average Bonchev–Trinajstić information content (AvgIpc) is 3.03. The zero-order valence-electron chi connectivity index (χ0n) is 10.9. The molecule has 2 heterocycles. The summed E-state index contributed by atoms with van der Waals surface area (Å²) in [4.78, 5) is 8.17. The van der Waals surface area contributed by atoms with E-state index >= 15 is 0 Å². The molecule has 0 spiro atoms. The van der Waals surface area contributed by atoms with Crippen molar-refractivity contribution < 1.29 is 4.39 Å². The molecule has 3 aromatic rings. The molecule has 0 amide bonds. The van der Waals surface area contributed by atoms with Crippen molar-refractivity contribution in [1.29, 1.82) is 0 Å². The average molecular weight is 348 g/mol. The number of nitrogens with one attached hydrogen (secondary N) is 1. The fraction of sp³-hybridized carbons (Fsp3) is 0.0714. The SMILES string of the molecule is Fc1ccc(Br)cc1CNc1cccnc1-n1cncn1. The van der Waals surface area contributed by atoms with Gasteiger partial charge in [-0.3, -0.25) is 0 Å². The fourth-order valence-corrected chi connectivity index (χ4v) is 2.31. The van der Waals surface area contributed by atoms with Gasteiger partial charge in [-0.2, -0.15) is 5.10 Å². The van der Waals surface area contributed by atoms with E-state index in [2.05, 4.69) is 36.3 Å². The molecule has 106 valence electrons. The van der Waals surface area contributed by atoms with E-state index in [0.29, 0.717) is 17.9 Å². The van der Waals surface area contributed by atoms with Crippen LogP contribution in [0.5, 0.6) is 0 Å². The number of hydrogen-bond donors (Lipinski definition) is 1. The van der Waals surface area contributed by atoms with Gasteiger partial charge in [-0.25, -0.2) is 19.0 Å². The summed E-state index contributed by atoms with van der Waals surface area (Å²) in [5.74, 6) is 0.363. The van der Waals surface area contributed by atoms with Gasteiger partial charge in [0.2, 0.25) is 0 Å². The Morgan fingerprint density at radius 1 is 1.29 bits per heavy atom. The quantitative estimate of drug-likeness (QED) is 0.787. The van der Waals surface area contributed by atoms with Crippen molar-refractivity contribution >= 4 is 21.6 Å². The molecule has 5 nitrogen and oxygen atoms in total. The van der Waals surface area contributed by atoms with E-state index in [0.717, 1.165) is 10.2 Å². The van der Waals surface area contributed by atoms with Gasteiger partial charge in [-0.05, 0) is 30.3 Å². The topological polar surface area (TPSA) is 55.6 Å². The lowest BCUT2D eigenvalue weighted by molar-refractivity contribution is 0.612. The summed E-state index contributed by atoms with van der Waals surface area (Å²) in [6.07, 6.45) is 4.67. The van der Waals surface area contributed by atoms with Crippen LogP contribution in [0.1, 0.15) is 5.56 Å². The molecule has 1 aromatic carbocycles. The third-order valence-corrected chi connectivity index (χ3v) is 3.39. The molecule has 0 atom stereocenters. The highest BCUT2D eigenvalue weighted by Gasteiger charge is 2.08. The summed E-state index contributed by atoms with van der Waals surface area (Å²) >= 11 is 3.34. The monoisotopic (exact) mass is 347 g/mol. The van der Waals surface area contributed by atoms with E-state index in [9.17, 15) is 4.39 Å². The fourth-order valence-electron chi connectivity index (χ4n) is 1.90. The van der Waals surface area contributed by atoms with Gasteiger partial charge in [-0.1, -0.05) is 15.9 Å². The number of anilines is 1. The van der Waals surface area contributed by atoms with Crippen LogP contribution in [0.2, 0.25) is 0 Å². The molecule has 1 N–H and O–H groups in total. The highest BCUT2D eigenvalue weighted by Crippen LogP contribution is 2.20. The standard InChI is InChI=1S/C14H11BrFN5/c15-11-3-4-12(16)10(6-11)7-19-13-2-1-5-18-14(13)21-9-17-8-20-21/h1-6,8-9,19H,7H2. The Balaban J connectivity index is 1.84. The molecule has 2 aromatic heterocycles. The summed E-state index contributed by atoms with van der Waals surface area (Å²) in [6, 6.07) is 8.51. The molecule has 0 unspecified atom stereocenters. The first-order valence-electron chi connectivity index (χ1n) is 6.22. The van der Waals surface area contributed by atoms with Crippen LogP contribution in [0.15, 0.2) is 53.7 Å². The zero-order chi connectivity index (χ0) is 14.7. The Morgan fingerprint density at radius 3 is 3.00 bits per heavy atom. The third-order valence-electron chi connectivity index (χ3n) is 2.90. The summed E-state index contributed by atoms with van der Waals surface area (Å²) in [5, 5.41) is 7.23. The number of benzene rings is 1. The van der Waals surface area contributed by atoms with Gasteiger partial charge in [0.15, 0.2) is 5.82 Å². The van der Waals surface area contributed by atoms with E-state index in [4.69, 9.17) is 0 Å². The number of pyridine rings is 1. The maximum atomic E-state index is 13.7. The third kappa shape index (κ3) is 3.08. The molecule has 0 saturated heterocycles. The van der Waals surface area contributed by atoms with Gasteiger partial charge in [-0.15, -0.1) is 0 Å². The van der Waals surface area contributed by atoms with Crippen LogP contribution >= 0.6 is 15.9 Å². The van der Waals surface area contributed by atoms with Crippen LogP contribution in [0.4, 0.5) is 10.1 Å². The van der Waals surface area contributed by atoms with Gasteiger partial charge >= 0.3 is 0 Å². The first-order valence-corrected chi connectivity index (χ1v) is 7.01. The van der Waals surface area contributed by atoms with Crippen LogP contribution in [0.3, 0.4) is 0 Å². The van der Waals surface area contributed by atoms with E-state index < -0.39 is 0 Å². The van der Waals surface area contributed by atoms with Crippen molar-refractivity contribution in [2.45, 2.75) is 6.54 Å². The van der Waals surface area contributed by atoms with Crippen LogP contribution in [-0.2, 0) is 6.54 Å². The molecule has 3 rings (SSSR count). The minimum absolute atomic E-state index is 0.253. The highest BCUT2D eigenvalue weighted by atomic mass is 79.9.